The van der Waals surface area contributed by atoms with E-state index >= 15 is 0 Å². The van der Waals surface area contributed by atoms with Crippen molar-refractivity contribution in [2.24, 2.45) is 0 Å². The summed E-state index contributed by atoms with van der Waals surface area (Å²) in [5.41, 5.74) is 6.80. The topological polar surface area (TPSA) is 52.8 Å². The zero-order valence-corrected chi connectivity index (χ0v) is 20.6. The third-order valence-corrected chi connectivity index (χ3v) is 5.42. The molecule has 0 saturated carbocycles. The Labute approximate surface area is 185 Å². The molecule has 3 heterocycles. The van der Waals surface area contributed by atoms with E-state index in [0.717, 1.165) is 63.7 Å². The maximum atomic E-state index is 5.88. The molecule has 0 atom stereocenters. The maximum Gasteiger partial charge on any atom is 0.223 e. The lowest BCUT2D eigenvalue weighted by molar-refractivity contribution is 0.326. The summed E-state index contributed by atoms with van der Waals surface area (Å²) < 4.78 is 8.08. The Kier molecular flexibility index (Phi) is 9.15. The van der Waals surface area contributed by atoms with E-state index in [1.807, 2.05) is 13.8 Å². The lowest BCUT2D eigenvalue weighted by Gasteiger charge is -2.15. The van der Waals surface area contributed by atoms with Crippen LogP contribution in [0.2, 0.25) is 0 Å². The molecular weight excluding hydrogens is 392 g/mol. The SMILES string of the molecule is CCC.CCCn1cc(C)c2nc(-c3cc(SC)c(CC)nc3OCC)c(C)nc21. The monoisotopic (exact) mass is 428 g/mol. The van der Waals surface area contributed by atoms with Crippen LogP contribution in [0.15, 0.2) is 17.2 Å². The molecule has 3 aromatic rings. The zero-order valence-electron chi connectivity index (χ0n) is 19.8. The Hall–Kier alpha value is -2.08. The van der Waals surface area contributed by atoms with Gasteiger partial charge in [-0.2, -0.15) is 0 Å². The van der Waals surface area contributed by atoms with Gasteiger partial charge in [0.1, 0.15) is 5.52 Å². The smallest absolute Gasteiger partial charge is 0.223 e. The highest BCUT2D eigenvalue weighted by atomic mass is 32.2. The standard InChI is InChI=1S/C21H28N4OS.C3H8/c1-7-10-25-12-13(4)18-20(25)22-14(5)19(24-18)15-11-17(27-6)16(8-2)23-21(15)26-9-3;1-3-2/h11-12H,7-10H2,1-6H3;3H2,1-2H3. The van der Waals surface area contributed by atoms with Gasteiger partial charge in [-0.05, 0) is 51.5 Å². The van der Waals surface area contributed by atoms with Crippen molar-refractivity contribution in [1.29, 1.82) is 0 Å². The molecule has 0 radical (unpaired) electrons. The van der Waals surface area contributed by atoms with Gasteiger partial charge in [-0.3, -0.25) is 0 Å². The first-order chi connectivity index (χ1) is 14.4. The third-order valence-electron chi connectivity index (χ3n) is 4.63. The minimum Gasteiger partial charge on any atom is -0.477 e. The number of nitrogens with zero attached hydrogens (tertiary/aromatic N) is 4. The summed E-state index contributed by atoms with van der Waals surface area (Å²) in [4.78, 5) is 15.9. The molecule has 3 rings (SSSR count). The Morgan fingerprint density at radius 1 is 1.03 bits per heavy atom. The normalized spacial score (nSPS) is 10.8. The van der Waals surface area contributed by atoms with Gasteiger partial charge in [0, 0.05) is 17.6 Å². The van der Waals surface area contributed by atoms with Crippen LogP contribution in [0.25, 0.3) is 22.4 Å². The van der Waals surface area contributed by atoms with Gasteiger partial charge in [0.2, 0.25) is 5.88 Å². The van der Waals surface area contributed by atoms with E-state index in [1.54, 1.807) is 11.8 Å². The molecule has 0 unspecified atom stereocenters. The summed E-state index contributed by atoms with van der Waals surface area (Å²) in [6.07, 6.45) is 7.42. The number of pyridine rings is 1. The first-order valence-electron chi connectivity index (χ1n) is 11.0. The van der Waals surface area contributed by atoms with Crippen LogP contribution in [0.5, 0.6) is 5.88 Å². The molecule has 0 fully saturated rings. The second kappa shape index (κ2) is 11.3. The Bertz CT molecular complexity index is 981. The first kappa shape index (κ1) is 24.2. The van der Waals surface area contributed by atoms with Gasteiger partial charge >= 0.3 is 0 Å². The summed E-state index contributed by atoms with van der Waals surface area (Å²) in [5.74, 6) is 0.648. The van der Waals surface area contributed by atoms with Crippen molar-refractivity contribution in [3.63, 3.8) is 0 Å². The molecule has 0 spiro atoms. The average Bonchev–Trinajstić information content (AvgIpc) is 3.02. The van der Waals surface area contributed by atoms with Gasteiger partial charge in [0.15, 0.2) is 5.65 Å². The number of thioether (sulfide) groups is 1. The fourth-order valence-corrected chi connectivity index (χ4v) is 4.02. The number of ether oxygens (including phenoxy) is 1. The van der Waals surface area contributed by atoms with Crippen LogP contribution in [0.3, 0.4) is 0 Å². The Balaban J connectivity index is 0.00000101. The molecule has 0 amide bonds. The van der Waals surface area contributed by atoms with E-state index in [1.165, 1.54) is 6.42 Å². The van der Waals surface area contributed by atoms with Crippen molar-refractivity contribution in [3.05, 3.63) is 29.2 Å². The van der Waals surface area contributed by atoms with Crippen LogP contribution in [0.1, 0.15) is 64.4 Å². The quantitative estimate of drug-likeness (QED) is 0.396. The molecule has 0 aliphatic rings. The number of aryl methyl sites for hydroxylation is 4. The minimum absolute atomic E-state index is 0.572. The van der Waals surface area contributed by atoms with Gasteiger partial charge in [0.05, 0.1) is 29.3 Å². The highest BCUT2D eigenvalue weighted by Gasteiger charge is 2.19. The molecule has 5 nitrogen and oxygen atoms in total. The molecule has 3 aromatic heterocycles. The lowest BCUT2D eigenvalue weighted by Crippen LogP contribution is -2.04. The molecule has 0 bridgehead atoms. The summed E-state index contributed by atoms with van der Waals surface area (Å²) in [7, 11) is 0. The van der Waals surface area contributed by atoms with Crippen LogP contribution in [-0.4, -0.2) is 32.4 Å². The summed E-state index contributed by atoms with van der Waals surface area (Å²) in [5, 5.41) is 0. The molecule has 6 heteroatoms. The number of fused-ring (bicyclic) bond motifs is 1. The van der Waals surface area contributed by atoms with Crippen molar-refractivity contribution in [2.45, 2.75) is 79.2 Å². The molecule has 0 N–H and O–H groups in total. The van der Waals surface area contributed by atoms with Crippen molar-refractivity contribution in [1.82, 2.24) is 19.5 Å². The Morgan fingerprint density at radius 3 is 2.30 bits per heavy atom. The largest absolute Gasteiger partial charge is 0.477 e. The van der Waals surface area contributed by atoms with Crippen molar-refractivity contribution >= 4 is 22.9 Å². The summed E-state index contributed by atoms with van der Waals surface area (Å²) in [6.45, 7) is 16.2. The fraction of sp³-hybridized carbons (Fsp3) is 0.542. The highest BCUT2D eigenvalue weighted by Crippen LogP contribution is 2.35. The lowest BCUT2D eigenvalue weighted by atomic mass is 10.1. The van der Waals surface area contributed by atoms with E-state index in [4.69, 9.17) is 19.7 Å². The van der Waals surface area contributed by atoms with Gasteiger partial charge < -0.3 is 9.30 Å². The van der Waals surface area contributed by atoms with Gasteiger partial charge in [-0.15, -0.1) is 11.8 Å². The molecular formula is C24H36N4OS. The van der Waals surface area contributed by atoms with Crippen molar-refractivity contribution in [3.8, 4) is 17.1 Å². The predicted molar refractivity (Wildman–Crippen MR) is 129 cm³/mol. The molecule has 0 saturated heterocycles. The zero-order chi connectivity index (χ0) is 22.3. The van der Waals surface area contributed by atoms with Crippen LogP contribution in [0, 0.1) is 13.8 Å². The third kappa shape index (κ3) is 5.15. The van der Waals surface area contributed by atoms with E-state index < -0.39 is 0 Å². The van der Waals surface area contributed by atoms with Crippen LogP contribution < -0.4 is 4.74 Å². The molecule has 30 heavy (non-hydrogen) atoms. The minimum atomic E-state index is 0.572. The molecule has 0 aliphatic heterocycles. The number of aromatic nitrogens is 4. The van der Waals surface area contributed by atoms with Crippen LogP contribution in [0.4, 0.5) is 0 Å². The number of hydrogen-bond acceptors (Lipinski definition) is 5. The van der Waals surface area contributed by atoms with Gasteiger partial charge in [-0.25, -0.2) is 15.0 Å². The van der Waals surface area contributed by atoms with Crippen molar-refractivity contribution in [2.75, 3.05) is 12.9 Å². The molecule has 0 aliphatic carbocycles. The average molecular weight is 429 g/mol. The molecule has 164 valence electrons. The van der Waals surface area contributed by atoms with E-state index in [0.29, 0.717) is 12.5 Å². The van der Waals surface area contributed by atoms with E-state index in [2.05, 4.69) is 57.7 Å². The van der Waals surface area contributed by atoms with Gasteiger partial charge in [0.25, 0.3) is 0 Å². The van der Waals surface area contributed by atoms with Crippen LogP contribution in [-0.2, 0) is 13.0 Å². The van der Waals surface area contributed by atoms with Crippen LogP contribution >= 0.6 is 11.8 Å². The Morgan fingerprint density at radius 2 is 1.73 bits per heavy atom. The number of rotatable bonds is 7. The maximum absolute atomic E-state index is 5.88. The second-order valence-corrected chi connectivity index (χ2v) is 8.17. The fourth-order valence-electron chi connectivity index (χ4n) is 3.36. The number of hydrogen-bond donors (Lipinski definition) is 0. The second-order valence-electron chi connectivity index (χ2n) is 7.32. The summed E-state index contributed by atoms with van der Waals surface area (Å²) in [6, 6.07) is 2.16. The van der Waals surface area contributed by atoms with Crippen molar-refractivity contribution < 1.29 is 4.74 Å². The molecule has 0 aromatic carbocycles. The highest BCUT2D eigenvalue weighted by molar-refractivity contribution is 7.98. The first-order valence-corrected chi connectivity index (χ1v) is 12.2. The van der Waals surface area contributed by atoms with E-state index in [9.17, 15) is 0 Å². The predicted octanol–water partition coefficient (Wildman–Crippen LogP) is 6.62. The van der Waals surface area contributed by atoms with E-state index in [-0.39, 0.29) is 0 Å². The van der Waals surface area contributed by atoms with Gasteiger partial charge in [-0.1, -0.05) is 34.1 Å². The summed E-state index contributed by atoms with van der Waals surface area (Å²) >= 11 is 1.71.